The summed E-state index contributed by atoms with van der Waals surface area (Å²) in [5.74, 6) is -0.313. The summed E-state index contributed by atoms with van der Waals surface area (Å²) >= 11 is -1.24. The maximum absolute atomic E-state index is 13.5. The van der Waals surface area contributed by atoms with Crippen LogP contribution < -0.4 is 14.4 Å². The first-order chi connectivity index (χ1) is 19.2. The molecule has 1 heterocycles. The summed E-state index contributed by atoms with van der Waals surface area (Å²) in [5, 5.41) is 11.2. The summed E-state index contributed by atoms with van der Waals surface area (Å²) in [5.41, 5.74) is 4.32. The minimum absolute atomic E-state index is 0.193. The molecule has 3 aromatic carbocycles. The second kappa shape index (κ2) is 11.6. The van der Waals surface area contributed by atoms with Crippen molar-refractivity contribution >= 4 is 44.4 Å². The van der Waals surface area contributed by atoms with Gasteiger partial charge in [0.05, 0.1) is 0 Å². The molecule has 1 amide bonds. The van der Waals surface area contributed by atoms with Crippen LogP contribution in [0.15, 0.2) is 60.8 Å². The van der Waals surface area contributed by atoms with Crippen LogP contribution >= 0.6 is 0 Å². The number of aromatic nitrogens is 3. The number of nitrogens with zero attached hydrogens (tertiary/aromatic N) is 3. The van der Waals surface area contributed by atoms with Crippen molar-refractivity contribution in [3.05, 3.63) is 94.3 Å². The number of carbonyl (C=O) groups is 2. The molecule has 4 aromatic rings. The molecule has 1 N–H and O–H groups in total. The molecular formula is C30H32AsN4O5S. The molecule has 0 saturated carbocycles. The number of anilines is 1. The van der Waals surface area contributed by atoms with Gasteiger partial charge in [-0.25, -0.2) is 0 Å². The Bertz CT molecular complexity index is 1760. The summed E-state index contributed by atoms with van der Waals surface area (Å²) in [6.07, 6.45) is 2.75. The van der Waals surface area contributed by atoms with Crippen LogP contribution in [0.1, 0.15) is 63.9 Å². The fourth-order valence-corrected chi connectivity index (χ4v) is 8.58. The molecule has 0 saturated heterocycles. The van der Waals surface area contributed by atoms with Crippen molar-refractivity contribution in [2.75, 3.05) is 18.7 Å². The number of aryl methyl sites for hydroxylation is 2. The first-order valence-corrected chi connectivity index (χ1v) is 17.9. The number of carbonyl (C=O) groups excluding carboxylic acids is 2. The Morgan fingerprint density at radius 2 is 1.71 bits per heavy atom. The monoisotopic (exact) mass is 635 g/mol. The average molecular weight is 636 g/mol. The molecule has 0 aliphatic heterocycles. The van der Waals surface area contributed by atoms with Gasteiger partial charge in [0, 0.05) is 5.56 Å². The topological polar surface area (TPSA) is 120 Å². The van der Waals surface area contributed by atoms with Gasteiger partial charge in [-0.2, -0.15) is 0 Å². The van der Waals surface area contributed by atoms with E-state index in [4.69, 9.17) is 4.74 Å². The van der Waals surface area contributed by atoms with Gasteiger partial charge in [-0.15, -0.1) is 0 Å². The molecule has 0 aliphatic carbocycles. The molecule has 9 nitrogen and oxygen atoms in total. The van der Waals surface area contributed by atoms with Crippen LogP contribution in [0.25, 0.3) is 5.69 Å². The second-order valence-corrected chi connectivity index (χ2v) is 18.8. The SMILES string of the molecule is COc1c(NC(=O)c2ccc(C)c(-n3cc(C(=O)c4ccccc4C)nn3)c2)cc(C(C)(C)C)cc1[As]S(C)(=O)=O. The summed E-state index contributed by atoms with van der Waals surface area (Å²) in [7, 11) is -1.82. The fourth-order valence-electron chi connectivity index (χ4n) is 4.24. The Hall–Kier alpha value is -3.75. The number of amides is 1. The quantitative estimate of drug-likeness (QED) is 0.230. The van der Waals surface area contributed by atoms with Gasteiger partial charge >= 0.3 is 200 Å². The third-order valence-electron chi connectivity index (χ3n) is 6.49. The van der Waals surface area contributed by atoms with Crippen LogP contribution in [0.4, 0.5) is 5.69 Å². The van der Waals surface area contributed by atoms with E-state index in [9.17, 15) is 18.0 Å². The molecule has 11 heteroatoms. The summed E-state index contributed by atoms with van der Waals surface area (Å²) < 4.78 is 32.0. The van der Waals surface area contributed by atoms with Crippen LogP contribution in [0.2, 0.25) is 0 Å². The predicted octanol–water partition coefficient (Wildman–Crippen LogP) is 3.96. The zero-order valence-corrected chi connectivity index (χ0v) is 26.7. The Balaban J connectivity index is 1.69. The van der Waals surface area contributed by atoms with Gasteiger partial charge in [0.15, 0.2) is 0 Å². The number of hydrogen-bond donors (Lipinski definition) is 1. The van der Waals surface area contributed by atoms with Crippen molar-refractivity contribution in [2.24, 2.45) is 0 Å². The Morgan fingerprint density at radius 3 is 2.34 bits per heavy atom. The van der Waals surface area contributed by atoms with Gasteiger partial charge in [0.2, 0.25) is 0 Å². The van der Waals surface area contributed by atoms with E-state index in [2.05, 4.69) is 15.6 Å². The Morgan fingerprint density at radius 1 is 1.00 bits per heavy atom. The van der Waals surface area contributed by atoms with Gasteiger partial charge in [0.1, 0.15) is 0 Å². The van der Waals surface area contributed by atoms with Gasteiger partial charge in [0.25, 0.3) is 0 Å². The summed E-state index contributed by atoms with van der Waals surface area (Å²) in [4.78, 5) is 26.5. The van der Waals surface area contributed by atoms with Crippen molar-refractivity contribution in [2.45, 2.75) is 40.0 Å². The van der Waals surface area contributed by atoms with E-state index in [1.54, 1.807) is 36.5 Å². The number of methoxy groups -OCH3 is 1. The minimum atomic E-state index is -3.27. The van der Waals surface area contributed by atoms with Gasteiger partial charge in [-0.3, -0.25) is 4.79 Å². The second-order valence-electron chi connectivity index (χ2n) is 10.8. The predicted molar refractivity (Wildman–Crippen MR) is 161 cm³/mol. The molecule has 0 unspecified atom stereocenters. The Kier molecular flexibility index (Phi) is 8.56. The third-order valence-corrected chi connectivity index (χ3v) is 11.0. The molecule has 213 valence electrons. The van der Waals surface area contributed by atoms with Gasteiger partial charge < -0.3 is 0 Å². The van der Waals surface area contributed by atoms with E-state index in [0.717, 1.165) is 16.7 Å². The third kappa shape index (κ3) is 6.94. The molecule has 0 spiro atoms. The molecule has 0 bridgehead atoms. The van der Waals surface area contributed by atoms with Crippen molar-refractivity contribution < 1.29 is 22.7 Å². The molecule has 4 rings (SSSR count). The van der Waals surface area contributed by atoms with Gasteiger partial charge in [-0.1, -0.05) is 24.3 Å². The normalized spacial score (nSPS) is 12.1. The van der Waals surface area contributed by atoms with Crippen LogP contribution in [0.3, 0.4) is 0 Å². The summed E-state index contributed by atoms with van der Waals surface area (Å²) in [6, 6.07) is 16.1. The fraction of sp³-hybridized carbons (Fsp3) is 0.267. The van der Waals surface area contributed by atoms with Gasteiger partial charge in [-0.05, 0) is 12.5 Å². The van der Waals surface area contributed by atoms with E-state index < -0.39 is 28.6 Å². The zero-order valence-electron chi connectivity index (χ0n) is 24.0. The Labute approximate surface area is 245 Å². The standard InChI is InChI=1S/C30H32AsN4O5S/c1-18-10-8-9-11-22(18)27(36)25-17-35(34-33-25)26-14-20(13-12-19(26)2)29(37)32-24-16-21(30(3,4)5)15-23(28(24)40-6)31-41(7,38)39/h8-17H,1-7H3,(H,32,37). The number of nitrogens with one attached hydrogen (secondary N) is 1. The molecule has 1 radical (unpaired) electrons. The number of ether oxygens (including phenoxy) is 1. The average Bonchev–Trinajstić information content (AvgIpc) is 3.37. The maximum atomic E-state index is 13.5. The number of benzene rings is 3. The van der Waals surface area contributed by atoms with Crippen molar-refractivity contribution in [1.29, 1.82) is 0 Å². The first kappa shape index (κ1) is 30.2. The first-order valence-electron chi connectivity index (χ1n) is 12.8. The van der Waals surface area contributed by atoms with E-state index >= 15 is 0 Å². The number of hydrogen-bond acceptors (Lipinski definition) is 7. The van der Waals surface area contributed by atoms with E-state index in [1.165, 1.54) is 18.0 Å². The molecule has 1 aromatic heterocycles. The molecular weight excluding hydrogens is 603 g/mol. The number of rotatable bonds is 8. The molecule has 0 atom stereocenters. The van der Waals surface area contributed by atoms with E-state index in [1.807, 2.05) is 58.9 Å². The van der Waals surface area contributed by atoms with Crippen LogP contribution in [0, 0.1) is 13.8 Å². The van der Waals surface area contributed by atoms with E-state index in [-0.39, 0.29) is 16.9 Å². The van der Waals surface area contributed by atoms with Crippen molar-refractivity contribution in [1.82, 2.24) is 15.0 Å². The van der Waals surface area contributed by atoms with Crippen molar-refractivity contribution in [3.8, 4) is 11.4 Å². The van der Waals surface area contributed by atoms with Crippen LogP contribution in [-0.4, -0.2) is 63.1 Å². The molecule has 41 heavy (non-hydrogen) atoms. The van der Waals surface area contributed by atoms with Crippen molar-refractivity contribution in [3.63, 3.8) is 0 Å². The molecule has 0 fully saturated rings. The number of ketones is 1. The summed E-state index contributed by atoms with van der Waals surface area (Å²) in [6.45, 7) is 9.79. The zero-order chi connectivity index (χ0) is 30.1. The van der Waals surface area contributed by atoms with E-state index in [0.29, 0.717) is 32.6 Å². The van der Waals surface area contributed by atoms with Crippen LogP contribution in [-0.2, 0) is 13.5 Å². The van der Waals surface area contributed by atoms with Crippen LogP contribution in [0.5, 0.6) is 5.75 Å². The molecule has 0 aliphatic rings.